The van der Waals surface area contributed by atoms with Crippen LogP contribution in [0.2, 0.25) is 0 Å². The van der Waals surface area contributed by atoms with Crippen molar-refractivity contribution in [3.8, 4) is 0 Å². The highest BCUT2D eigenvalue weighted by molar-refractivity contribution is 9.09. The van der Waals surface area contributed by atoms with Crippen LogP contribution in [0.25, 0.3) is 0 Å². The van der Waals surface area contributed by atoms with Crippen LogP contribution in [-0.2, 0) is 20.9 Å². The third-order valence-electron chi connectivity index (χ3n) is 8.04. The van der Waals surface area contributed by atoms with Gasteiger partial charge in [-0.2, -0.15) is 0 Å². The Hall–Kier alpha value is -1.58. The van der Waals surface area contributed by atoms with Crippen molar-refractivity contribution in [1.29, 1.82) is 0 Å². The Balaban J connectivity index is 1.54. The van der Waals surface area contributed by atoms with Gasteiger partial charge in [0.05, 0.1) is 16.6 Å². The average molecular weight is 595 g/mol. The van der Waals surface area contributed by atoms with E-state index in [0.29, 0.717) is 26.1 Å². The van der Waals surface area contributed by atoms with Crippen LogP contribution < -0.4 is 10.6 Å². The number of aliphatic hydroxyl groups excluding tert-OH is 1. The first-order valence-electron chi connectivity index (χ1n) is 13.8. The van der Waals surface area contributed by atoms with E-state index in [-0.39, 0.29) is 34.4 Å². The number of amides is 3. The number of unbranched alkanes of at least 4 members (excludes halogenated alkanes) is 5. The van der Waals surface area contributed by atoms with E-state index < -0.39 is 22.6 Å². The van der Waals surface area contributed by atoms with Gasteiger partial charge in [0, 0.05) is 36.3 Å². The summed E-state index contributed by atoms with van der Waals surface area (Å²) in [6, 6.07) is 9.22. The molecule has 9 heteroatoms. The van der Waals surface area contributed by atoms with E-state index in [1.807, 2.05) is 30.3 Å². The van der Waals surface area contributed by atoms with Crippen LogP contribution in [0.3, 0.4) is 0 Å². The van der Waals surface area contributed by atoms with Gasteiger partial charge in [-0.05, 0) is 31.2 Å². The van der Waals surface area contributed by atoms with Gasteiger partial charge in [-0.3, -0.25) is 14.4 Å². The van der Waals surface area contributed by atoms with Gasteiger partial charge in [-0.25, -0.2) is 0 Å². The Morgan fingerprint density at radius 3 is 2.57 bits per heavy atom. The minimum atomic E-state index is -0.593. The first-order valence-corrected chi connectivity index (χ1v) is 15.6. The zero-order chi connectivity index (χ0) is 26.4. The van der Waals surface area contributed by atoms with E-state index in [4.69, 9.17) is 5.11 Å². The Labute approximate surface area is 233 Å². The van der Waals surface area contributed by atoms with Gasteiger partial charge in [-0.15, -0.1) is 11.8 Å². The second-order valence-corrected chi connectivity index (χ2v) is 13.3. The number of carbonyl (C=O) groups is 3. The zero-order valence-electron chi connectivity index (χ0n) is 21.7. The van der Waals surface area contributed by atoms with E-state index in [0.717, 1.165) is 50.5 Å². The van der Waals surface area contributed by atoms with Crippen LogP contribution in [0.5, 0.6) is 0 Å². The summed E-state index contributed by atoms with van der Waals surface area (Å²) in [6.45, 7) is 3.83. The number of nitrogens with zero attached hydrogens (tertiary/aromatic N) is 1. The molecular formula is C28H40BrN3O4S. The van der Waals surface area contributed by atoms with E-state index in [1.165, 1.54) is 0 Å². The minimum Gasteiger partial charge on any atom is -0.396 e. The zero-order valence-corrected chi connectivity index (χ0v) is 24.1. The fraction of sp³-hybridized carbons (Fsp3) is 0.679. The van der Waals surface area contributed by atoms with Crippen molar-refractivity contribution < 1.29 is 19.5 Å². The van der Waals surface area contributed by atoms with Crippen LogP contribution >= 0.6 is 27.7 Å². The molecule has 3 fully saturated rings. The second kappa shape index (κ2) is 13.0. The number of benzene rings is 1. The molecule has 1 aromatic carbocycles. The lowest BCUT2D eigenvalue weighted by Gasteiger charge is -2.35. The third kappa shape index (κ3) is 5.88. The normalized spacial score (nSPS) is 30.0. The molecule has 4 rings (SSSR count). The predicted molar refractivity (Wildman–Crippen MR) is 150 cm³/mol. The van der Waals surface area contributed by atoms with Crippen LogP contribution in [0.4, 0.5) is 0 Å². The first-order chi connectivity index (χ1) is 17.9. The lowest BCUT2D eigenvalue weighted by molar-refractivity contribution is -0.140. The van der Waals surface area contributed by atoms with Crippen molar-refractivity contribution >= 4 is 45.4 Å². The minimum absolute atomic E-state index is 0.0354. The predicted octanol–water partition coefficient (Wildman–Crippen LogP) is 3.63. The molecule has 1 aromatic rings. The Bertz CT molecular complexity index is 951. The molecule has 7 nitrogen and oxygen atoms in total. The van der Waals surface area contributed by atoms with Gasteiger partial charge in [-0.1, -0.05) is 78.9 Å². The second-order valence-electron chi connectivity index (χ2n) is 10.5. The van der Waals surface area contributed by atoms with Crippen molar-refractivity contribution in [1.82, 2.24) is 15.5 Å². The van der Waals surface area contributed by atoms with Crippen molar-refractivity contribution in [2.75, 3.05) is 19.7 Å². The van der Waals surface area contributed by atoms with Crippen molar-refractivity contribution in [3.05, 3.63) is 35.9 Å². The van der Waals surface area contributed by atoms with Gasteiger partial charge in [0.1, 0.15) is 6.04 Å². The quantitative estimate of drug-likeness (QED) is 0.226. The van der Waals surface area contributed by atoms with E-state index in [1.54, 1.807) is 16.7 Å². The van der Waals surface area contributed by atoms with Crippen LogP contribution in [-0.4, -0.2) is 68.3 Å². The molecule has 3 aliphatic heterocycles. The number of thioether (sulfide) groups is 1. The number of hydrogen-bond acceptors (Lipinski definition) is 5. The van der Waals surface area contributed by atoms with Crippen LogP contribution in [0.1, 0.15) is 63.9 Å². The number of fused-ring (bicyclic) bond motifs is 1. The molecule has 6 atom stereocenters. The highest BCUT2D eigenvalue weighted by Gasteiger charge is 2.75. The van der Waals surface area contributed by atoms with E-state index >= 15 is 0 Å². The summed E-state index contributed by atoms with van der Waals surface area (Å²) in [5.74, 6) is -1.19. The molecule has 3 aliphatic rings. The highest BCUT2D eigenvalue weighted by atomic mass is 79.9. The summed E-state index contributed by atoms with van der Waals surface area (Å²) in [5.41, 5.74) is 1.02. The molecule has 0 radical (unpaired) electrons. The van der Waals surface area contributed by atoms with Crippen molar-refractivity contribution in [2.24, 2.45) is 11.8 Å². The fourth-order valence-corrected chi connectivity index (χ4v) is 9.92. The topological polar surface area (TPSA) is 98.7 Å². The number of hydrogen-bond donors (Lipinski definition) is 3. The SMILES string of the molecule is CCCCCNC(=O)C1N(CCCCCCO)C(=O)[C@@H]2[C@H](C(=O)NCc3ccccc3)[C@H]3SC12CC3Br. The van der Waals surface area contributed by atoms with Gasteiger partial charge in [0.25, 0.3) is 0 Å². The van der Waals surface area contributed by atoms with Gasteiger partial charge in [0.2, 0.25) is 17.7 Å². The molecule has 3 N–H and O–H groups in total. The molecule has 2 bridgehead atoms. The van der Waals surface area contributed by atoms with E-state index in [2.05, 4.69) is 33.5 Å². The third-order valence-corrected chi connectivity index (χ3v) is 11.3. The number of carbonyl (C=O) groups excluding carboxylic acids is 3. The van der Waals surface area contributed by atoms with Gasteiger partial charge < -0.3 is 20.6 Å². The molecule has 3 amide bonds. The highest BCUT2D eigenvalue weighted by Crippen LogP contribution is 2.67. The van der Waals surface area contributed by atoms with Gasteiger partial charge in [0.15, 0.2) is 0 Å². The Morgan fingerprint density at radius 1 is 1.08 bits per heavy atom. The maximum Gasteiger partial charge on any atom is 0.244 e. The smallest absolute Gasteiger partial charge is 0.244 e. The number of rotatable bonds is 14. The summed E-state index contributed by atoms with van der Waals surface area (Å²) in [4.78, 5) is 43.0. The molecule has 0 saturated carbocycles. The van der Waals surface area contributed by atoms with Crippen molar-refractivity contribution in [2.45, 2.75) is 85.7 Å². The van der Waals surface area contributed by atoms with Crippen LogP contribution in [0.15, 0.2) is 30.3 Å². The van der Waals surface area contributed by atoms with Crippen molar-refractivity contribution in [3.63, 3.8) is 0 Å². The maximum atomic E-state index is 14.0. The summed E-state index contributed by atoms with van der Waals surface area (Å²) < 4.78 is -0.593. The van der Waals surface area contributed by atoms with Crippen LogP contribution in [0, 0.1) is 11.8 Å². The number of halogens is 1. The fourth-order valence-electron chi connectivity index (χ4n) is 6.30. The number of alkyl halides is 1. The number of nitrogens with one attached hydrogen (secondary N) is 2. The molecule has 3 unspecified atom stereocenters. The Kier molecular flexibility index (Phi) is 9.97. The largest absolute Gasteiger partial charge is 0.396 e. The Morgan fingerprint density at radius 2 is 1.84 bits per heavy atom. The number of aliphatic hydroxyl groups is 1. The number of likely N-dealkylation sites (tertiary alicyclic amines) is 1. The molecule has 1 spiro atoms. The molecule has 37 heavy (non-hydrogen) atoms. The maximum absolute atomic E-state index is 14.0. The summed E-state index contributed by atoms with van der Waals surface area (Å²) in [6.07, 6.45) is 7.06. The molecule has 0 aliphatic carbocycles. The molecule has 204 valence electrons. The van der Waals surface area contributed by atoms with E-state index in [9.17, 15) is 14.4 Å². The molecule has 0 aromatic heterocycles. The summed E-state index contributed by atoms with van der Waals surface area (Å²) >= 11 is 5.50. The monoisotopic (exact) mass is 593 g/mol. The molecule has 3 heterocycles. The lowest BCUT2D eigenvalue weighted by atomic mass is 9.70. The molecule has 3 saturated heterocycles. The lowest BCUT2D eigenvalue weighted by Crippen LogP contribution is -2.54. The standard InChI is InChI=1S/C28H40BrN3O4S/c1-2-3-9-14-30-26(35)24-28-17-20(29)23(37-28)21(25(34)31-18-19-12-7-6-8-13-19)22(28)27(36)32(24)15-10-4-5-11-16-33/h6-8,12-13,20-24,33H,2-5,9-11,14-18H2,1H3,(H,30,35)(H,31,34)/t20?,21-,22-,23-,24?,28?/m0/s1. The summed E-state index contributed by atoms with van der Waals surface area (Å²) in [7, 11) is 0. The first kappa shape index (κ1) is 28.4. The molecular weight excluding hydrogens is 554 g/mol. The van der Waals surface area contributed by atoms with Gasteiger partial charge >= 0.3 is 0 Å². The average Bonchev–Trinajstić information content (AvgIpc) is 3.49. The summed E-state index contributed by atoms with van der Waals surface area (Å²) in [5, 5.41) is 15.3.